The predicted octanol–water partition coefficient (Wildman–Crippen LogP) is 4.44. The van der Waals surface area contributed by atoms with Crippen LogP contribution in [-0.2, 0) is 9.59 Å². The Morgan fingerprint density at radius 1 is 1.25 bits per heavy atom. The van der Waals surface area contributed by atoms with Crippen LogP contribution >= 0.6 is 27.7 Å². The summed E-state index contributed by atoms with van der Waals surface area (Å²) in [6.45, 7) is 2.50. The van der Waals surface area contributed by atoms with Crippen LogP contribution in [0.1, 0.15) is 13.3 Å². The summed E-state index contributed by atoms with van der Waals surface area (Å²) >= 11 is 4.67. The molecule has 0 aliphatic carbocycles. The van der Waals surface area contributed by atoms with E-state index in [0.29, 0.717) is 17.5 Å². The van der Waals surface area contributed by atoms with E-state index in [9.17, 15) is 9.59 Å². The van der Waals surface area contributed by atoms with Crippen molar-refractivity contribution < 1.29 is 14.3 Å². The fourth-order valence-electron chi connectivity index (χ4n) is 2.55. The van der Waals surface area contributed by atoms with Crippen molar-refractivity contribution in [3.8, 4) is 5.75 Å². The van der Waals surface area contributed by atoms with Crippen LogP contribution in [-0.4, -0.2) is 40.8 Å². The fraction of sp³-hybridized carbons (Fsp3) is 0.250. The van der Waals surface area contributed by atoms with Crippen molar-refractivity contribution in [2.75, 3.05) is 19.0 Å². The molecule has 6 nitrogen and oxygen atoms in total. The van der Waals surface area contributed by atoms with Crippen LogP contribution in [0.15, 0.2) is 58.0 Å². The Balaban J connectivity index is 1.71. The molecule has 1 aliphatic rings. The first-order chi connectivity index (χ1) is 13.5. The van der Waals surface area contributed by atoms with Gasteiger partial charge in [0.25, 0.3) is 0 Å². The lowest BCUT2D eigenvalue weighted by atomic mass is 10.2. The smallest absolute Gasteiger partial charge is 0.238 e. The molecule has 2 aromatic rings. The molecule has 3 rings (SSSR count). The Labute approximate surface area is 176 Å². The van der Waals surface area contributed by atoms with Crippen LogP contribution in [0.5, 0.6) is 5.75 Å². The molecule has 2 aromatic carbocycles. The molecule has 1 heterocycles. The number of amidine groups is 1. The molecule has 0 saturated carbocycles. The summed E-state index contributed by atoms with van der Waals surface area (Å²) in [6, 6.07) is 14.6. The monoisotopic (exact) mass is 461 g/mol. The number of hydrogen-bond acceptors (Lipinski definition) is 5. The zero-order chi connectivity index (χ0) is 20.1. The third-order valence-corrected chi connectivity index (χ3v) is 5.82. The predicted molar refractivity (Wildman–Crippen MR) is 116 cm³/mol. The number of anilines is 1. The summed E-state index contributed by atoms with van der Waals surface area (Å²) in [5.41, 5.74) is 1.38. The number of thioether (sulfide) groups is 1. The number of carbonyl (C=O) groups excluding carboxylic acids is 2. The van der Waals surface area contributed by atoms with Gasteiger partial charge in [-0.05, 0) is 55.5 Å². The average molecular weight is 462 g/mol. The van der Waals surface area contributed by atoms with Gasteiger partial charge in [-0.3, -0.25) is 14.5 Å². The third kappa shape index (κ3) is 5.14. The number of halogens is 1. The van der Waals surface area contributed by atoms with Crippen LogP contribution in [0.25, 0.3) is 0 Å². The number of carbonyl (C=O) groups is 2. The van der Waals surface area contributed by atoms with E-state index in [2.05, 4.69) is 26.2 Å². The minimum atomic E-state index is -0.538. The number of amides is 2. The van der Waals surface area contributed by atoms with Gasteiger partial charge in [0.15, 0.2) is 5.17 Å². The van der Waals surface area contributed by atoms with Gasteiger partial charge >= 0.3 is 0 Å². The topological polar surface area (TPSA) is 71.0 Å². The maximum absolute atomic E-state index is 12.7. The van der Waals surface area contributed by atoms with Gasteiger partial charge < -0.3 is 10.1 Å². The molecule has 1 saturated heterocycles. The number of hydrogen-bond donors (Lipinski definition) is 1. The molecule has 1 atom stereocenters. The first kappa shape index (κ1) is 20.4. The molecule has 1 unspecified atom stereocenters. The molecule has 1 fully saturated rings. The highest BCUT2D eigenvalue weighted by Gasteiger charge is 2.34. The lowest BCUT2D eigenvalue weighted by Crippen LogP contribution is -2.43. The Morgan fingerprint density at radius 3 is 2.57 bits per heavy atom. The van der Waals surface area contributed by atoms with Gasteiger partial charge in [-0.2, -0.15) is 0 Å². The zero-order valence-corrected chi connectivity index (χ0v) is 17.9. The normalized spacial score (nSPS) is 18.2. The second kappa shape index (κ2) is 9.25. The second-order valence-electron chi connectivity index (χ2n) is 6.08. The van der Waals surface area contributed by atoms with Crippen molar-refractivity contribution in [3.63, 3.8) is 0 Å². The van der Waals surface area contributed by atoms with E-state index in [1.807, 2.05) is 31.2 Å². The number of benzene rings is 2. The van der Waals surface area contributed by atoms with E-state index < -0.39 is 5.25 Å². The van der Waals surface area contributed by atoms with E-state index in [1.165, 1.54) is 16.7 Å². The third-order valence-electron chi connectivity index (χ3n) is 4.05. The minimum Gasteiger partial charge on any atom is -0.494 e. The van der Waals surface area contributed by atoms with E-state index >= 15 is 0 Å². The number of nitrogens with one attached hydrogen (secondary N) is 1. The summed E-state index contributed by atoms with van der Waals surface area (Å²) in [4.78, 5) is 31.1. The van der Waals surface area contributed by atoms with Crippen LogP contribution in [0.4, 0.5) is 11.4 Å². The molecule has 0 bridgehead atoms. The number of nitrogens with zero attached hydrogens (tertiary/aromatic N) is 2. The summed E-state index contributed by atoms with van der Waals surface area (Å²) in [5, 5.41) is 2.83. The van der Waals surface area contributed by atoms with Gasteiger partial charge in [-0.25, -0.2) is 4.99 Å². The molecule has 0 radical (unpaired) electrons. The molecule has 28 heavy (non-hydrogen) atoms. The van der Waals surface area contributed by atoms with Gasteiger partial charge in [-0.1, -0.05) is 27.7 Å². The molecule has 8 heteroatoms. The lowest BCUT2D eigenvalue weighted by Gasteiger charge is -2.28. The van der Waals surface area contributed by atoms with Crippen LogP contribution in [0.3, 0.4) is 0 Å². The van der Waals surface area contributed by atoms with Gasteiger partial charge in [-0.15, -0.1) is 0 Å². The average Bonchev–Trinajstić information content (AvgIpc) is 2.68. The molecular formula is C20H20BrN3O3S. The zero-order valence-electron chi connectivity index (χ0n) is 15.5. The minimum absolute atomic E-state index is 0.128. The van der Waals surface area contributed by atoms with Crippen LogP contribution < -0.4 is 10.1 Å². The SMILES string of the molecule is CCOc1ccc(NC(=O)C2CC(=O)N(C)C(=Nc3ccc(Br)cc3)S2)cc1. The number of aliphatic imine (C=N–C) groups is 1. The van der Waals surface area contributed by atoms with Gasteiger partial charge in [0, 0.05) is 23.6 Å². The summed E-state index contributed by atoms with van der Waals surface area (Å²) < 4.78 is 6.35. The van der Waals surface area contributed by atoms with Crippen molar-refractivity contribution in [2.24, 2.45) is 4.99 Å². The van der Waals surface area contributed by atoms with Crippen molar-refractivity contribution in [1.82, 2.24) is 4.90 Å². The maximum Gasteiger partial charge on any atom is 0.238 e. The summed E-state index contributed by atoms with van der Waals surface area (Å²) in [5.74, 6) is 0.383. The van der Waals surface area contributed by atoms with E-state index in [0.717, 1.165) is 15.9 Å². The van der Waals surface area contributed by atoms with Crippen molar-refractivity contribution >= 4 is 56.0 Å². The fourth-order valence-corrected chi connectivity index (χ4v) is 3.88. The number of rotatable bonds is 5. The Hall–Kier alpha value is -2.32. The van der Waals surface area contributed by atoms with Crippen LogP contribution in [0, 0.1) is 0 Å². The Kier molecular flexibility index (Phi) is 6.74. The first-order valence-electron chi connectivity index (χ1n) is 8.77. The first-order valence-corrected chi connectivity index (χ1v) is 10.4. The maximum atomic E-state index is 12.7. The highest BCUT2D eigenvalue weighted by molar-refractivity contribution is 9.10. The molecule has 1 N–H and O–H groups in total. The Morgan fingerprint density at radius 2 is 1.93 bits per heavy atom. The highest BCUT2D eigenvalue weighted by atomic mass is 79.9. The molecule has 2 amide bonds. The van der Waals surface area contributed by atoms with Gasteiger partial charge in [0.1, 0.15) is 11.0 Å². The molecule has 0 spiro atoms. The van der Waals surface area contributed by atoms with E-state index in [1.54, 1.807) is 31.3 Å². The second-order valence-corrected chi connectivity index (χ2v) is 8.17. The van der Waals surface area contributed by atoms with Crippen molar-refractivity contribution in [3.05, 3.63) is 53.0 Å². The largest absolute Gasteiger partial charge is 0.494 e. The molecule has 1 aliphatic heterocycles. The van der Waals surface area contributed by atoms with Gasteiger partial charge in [0.05, 0.1) is 12.3 Å². The highest BCUT2D eigenvalue weighted by Crippen LogP contribution is 2.29. The summed E-state index contributed by atoms with van der Waals surface area (Å²) in [6.07, 6.45) is 0.128. The number of ether oxygens (including phenoxy) is 1. The van der Waals surface area contributed by atoms with E-state index in [-0.39, 0.29) is 18.2 Å². The summed E-state index contributed by atoms with van der Waals surface area (Å²) in [7, 11) is 1.67. The molecule has 146 valence electrons. The standard InChI is InChI=1S/C20H20BrN3O3S/c1-3-27-16-10-8-14(9-11-16)22-19(26)17-12-18(25)24(2)20(28-17)23-15-6-4-13(21)5-7-15/h4-11,17H,3,12H2,1-2H3,(H,22,26). The molecule has 0 aromatic heterocycles. The lowest BCUT2D eigenvalue weighted by molar-refractivity contribution is -0.128. The molecular weight excluding hydrogens is 442 g/mol. The quantitative estimate of drug-likeness (QED) is 0.714. The van der Waals surface area contributed by atoms with Crippen molar-refractivity contribution in [1.29, 1.82) is 0 Å². The van der Waals surface area contributed by atoms with Gasteiger partial charge in [0.2, 0.25) is 11.8 Å². The van der Waals surface area contributed by atoms with Crippen LogP contribution in [0.2, 0.25) is 0 Å². The Bertz CT molecular complexity index is 885. The van der Waals surface area contributed by atoms with Crippen molar-refractivity contribution in [2.45, 2.75) is 18.6 Å². The van der Waals surface area contributed by atoms with E-state index in [4.69, 9.17) is 4.74 Å².